The van der Waals surface area contributed by atoms with Crippen LogP contribution in [-0.2, 0) is 0 Å². The summed E-state index contributed by atoms with van der Waals surface area (Å²) in [5, 5.41) is 4.78. The summed E-state index contributed by atoms with van der Waals surface area (Å²) in [6.45, 7) is 5.70. The zero-order valence-electron chi connectivity index (χ0n) is 17.1. The zero-order chi connectivity index (χ0) is 20.7. The van der Waals surface area contributed by atoms with E-state index in [4.69, 9.17) is 14.5 Å². The third-order valence-corrected chi connectivity index (χ3v) is 5.94. The molecule has 0 spiro atoms. The van der Waals surface area contributed by atoms with Gasteiger partial charge in [0.2, 0.25) is 0 Å². The summed E-state index contributed by atoms with van der Waals surface area (Å²) in [7, 11) is 0. The molecule has 7 nitrogen and oxygen atoms in total. The van der Waals surface area contributed by atoms with Gasteiger partial charge in [0.25, 0.3) is 0 Å². The van der Waals surface area contributed by atoms with Crippen molar-refractivity contribution >= 4 is 17.2 Å². The summed E-state index contributed by atoms with van der Waals surface area (Å²) in [4.78, 5) is 23.9. The monoisotopic (exact) mass is 401 g/mol. The molecule has 0 bridgehead atoms. The fraction of sp³-hybridized carbons (Fsp3) is 0.304. The minimum absolute atomic E-state index is 0.0282. The van der Waals surface area contributed by atoms with Crippen molar-refractivity contribution < 1.29 is 9.21 Å². The van der Waals surface area contributed by atoms with Gasteiger partial charge in [-0.05, 0) is 51.0 Å². The molecule has 0 atom stereocenters. The first kappa shape index (κ1) is 18.5. The van der Waals surface area contributed by atoms with Crippen molar-refractivity contribution in [3.05, 3.63) is 65.8 Å². The number of ketones is 1. The predicted octanol–water partition coefficient (Wildman–Crippen LogP) is 4.10. The smallest absolute Gasteiger partial charge is 0.167 e. The molecule has 4 aromatic heterocycles. The third-order valence-electron chi connectivity index (χ3n) is 5.94. The SMILES string of the molecule is Cc1nc2cc(-c3ccco3)nn2c(N2CCC(C(=O)c3cccnc3)CC2)c1C. The number of hydrogen-bond donors (Lipinski definition) is 0. The van der Waals surface area contributed by atoms with Crippen molar-refractivity contribution in [1.82, 2.24) is 19.6 Å². The molecule has 0 unspecified atom stereocenters. The van der Waals surface area contributed by atoms with Crippen LogP contribution in [0.4, 0.5) is 5.82 Å². The molecule has 0 amide bonds. The summed E-state index contributed by atoms with van der Waals surface area (Å²) >= 11 is 0. The van der Waals surface area contributed by atoms with Crippen molar-refractivity contribution in [2.75, 3.05) is 18.0 Å². The van der Waals surface area contributed by atoms with E-state index in [0.717, 1.165) is 60.1 Å². The van der Waals surface area contributed by atoms with Crippen LogP contribution in [-0.4, -0.2) is 38.5 Å². The lowest BCUT2D eigenvalue weighted by molar-refractivity contribution is 0.0900. The molecule has 1 aliphatic heterocycles. The highest BCUT2D eigenvalue weighted by Crippen LogP contribution is 2.31. The molecule has 1 fully saturated rings. The van der Waals surface area contributed by atoms with E-state index in [1.165, 1.54) is 0 Å². The minimum atomic E-state index is 0.0282. The first-order chi connectivity index (χ1) is 14.6. The van der Waals surface area contributed by atoms with Gasteiger partial charge in [-0.15, -0.1) is 0 Å². The summed E-state index contributed by atoms with van der Waals surface area (Å²) in [6.07, 6.45) is 6.62. The lowest BCUT2D eigenvalue weighted by Gasteiger charge is -2.34. The van der Waals surface area contributed by atoms with Gasteiger partial charge in [-0.1, -0.05) is 0 Å². The van der Waals surface area contributed by atoms with Crippen LogP contribution in [0.2, 0.25) is 0 Å². The van der Waals surface area contributed by atoms with Gasteiger partial charge in [0, 0.05) is 54.3 Å². The zero-order valence-corrected chi connectivity index (χ0v) is 17.1. The van der Waals surface area contributed by atoms with E-state index in [9.17, 15) is 4.79 Å². The molecule has 0 saturated carbocycles. The Kier molecular flexibility index (Phi) is 4.58. The van der Waals surface area contributed by atoms with Crippen LogP contribution in [0.15, 0.2) is 53.4 Å². The normalized spacial score (nSPS) is 15.1. The second-order valence-electron chi connectivity index (χ2n) is 7.79. The van der Waals surface area contributed by atoms with Gasteiger partial charge in [-0.3, -0.25) is 9.78 Å². The Morgan fingerprint density at radius 3 is 2.70 bits per heavy atom. The Hall–Kier alpha value is -3.48. The van der Waals surface area contributed by atoms with Gasteiger partial charge in [-0.25, -0.2) is 4.98 Å². The van der Waals surface area contributed by atoms with Gasteiger partial charge in [0.15, 0.2) is 17.2 Å². The maximum atomic E-state index is 12.8. The van der Waals surface area contributed by atoms with Crippen LogP contribution in [0.25, 0.3) is 17.1 Å². The number of pyridine rings is 1. The van der Waals surface area contributed by atoms with Crippen LogP contribution in [0.5, 0.6) is 0 Å². The van der Waals surface area contributed by atoms with E-state index in [2.05, 4.69) is 16.8 Å². The van der Waals surface area contributed by atoms with Crippen LogP contribution < -0.4 is 4.90 Å². The van der Waals surface area contributed by atoms with Gasteiger partial charge >= 0.3 is 0 Å². The maximum Gasteiger partial charge on any atom is 0.167 e. The van der Waals surface area contributed by atoms with Gasteiger partial charge in [0.05, 0.1) is 6.26 Å². The van der Waals surface area contributed by atoms with Crippen molar-refractivity contribution in [3.63, 3.8) is 0 Å². The van der Waals surface area contributed by atoms with Crippen molar-refractivity contribution in [2.45, 2.75) is 26.7 Å². The number of carbonyl (C=O) groups excluding carboxylic acids is 1. The molecular weight excluding hydrogens is 378 g/mol. The first-order valence-corrected chi connectivity index (χ1v) is 10.2. The second-order valence-corrected chi connectivity index (χ2v) is 7.79. The average Bonchev–Trinajstić information content (AvgIpc) is 3.45. The summed E-state index contributed by atoms with van der Waals surface area (Å²) in [5.74, 6) is 1.99. The van der Waals surface area contributed by atoms with E-state index >= 15 is 0 Å². The number of rotatable bonds is 4. The van der Waals surface area contributed by atoms with E-state index in [1.807, 2.05) is 41.8 Å². The highest BCUT2D eigenvalue weighted by molar-refractivity contribution is 5.97. The van der Waals surface area contributed by atoms with Gasteiger partial charge < -0.3 is 9.32 Å². The average molecular weight is 401 g/mol. The summed E-state index contributed by atoms with van der Waals surface area (Å²) < 4.78 is 7.42. The molecule has 0 N–H and O–H groups in total. The Labute approximate surface area is 174 Å². The molecule has 4 aromatic rings. The molecule has 30 heavy (non-hydrogen) atoms. The lowest BCUT2D eigenvalue weighted by atomic mass is 9.89. The number of Topliss-reactive ketones (excluding diaryl/α,β-unsaturated/α-hetero) is 1. The number of furan rings is 1. The maximum absolute atomic E-state index is 12.8. The fourth-order valence-corrected chi connectivity index (χ4v) is 4.20. The van der Waals surface area contributed by atoms with Crippen LogP contribution in [0.1, 0.15) is 34.5 Å². The molecule has 7 heteroatoms. The second kappa shape index (κ2) is 7.40. The number of hydrogen-bond acceptors (Lipinski definition) is 6. The molecule has 5 rings (SSSR count). The summed E-state index contributed by atoms with van der Waals surface area (Å²) in [5.41, 5.74) is 4.35. The molecule has 0 radical (unpaired) electrons. The number of fused-ring (bicyclic) bond motifs is 1. The highest BCUT2D eigenvalue weighted by Gasteiger charge is 2.28. The van der Waals surface area contributed by atoms with Gasteiger partial charge in [-0.2, -0.15) is 9.61 Å². The largest absolute Gasteiger partial charge is 0.463 e. The number of piperidine rings is 1. The Morgan fingerprint density at radius 2 is 2.00 bits per heavy atom. The molecule has 0 aliphatic carbocycles. The number of nitrogens with zero attached hydrogens (tertiary/aromatic N) is 5. The molecule has 0 aromatic carbocycles. The third kappa shape index (κ3) is 3.16. The van der Waals surface area contributed by atoms with Gasteiger partial charge in [0.1, 0.15) is 11.5 Å². The molecule has 5 heterocycles. The van der Waals surface area contributed by atoms with Crippen molar-refractivity contribution in [2.24, 2.45) is 5.92 Å². The molecule has 1 saturated heterocycles. The quantitative estimate of drug-likeness (QED) is 0.479. The number of anilines is 1. The van der Waals surface area contributed by atoms with E-state index < -0.39 is 0 Å². The number of carbonyl (C=O) groups is 1. The number of aromatic nitrogens is 4. The fourth-order valence-electron chi connectivity index (χ4n) is 4.20. The molecule has 152 valence electrons. The Balaban J connectivity index is 1.44. The highest BCUT2D eigenvalue weighted by atomic mass is 16.3. The standard InChI is InChI=1S/C23H23N5O2/c1-15-16(2)25-21-13-19(20-6-4-12-30-20)26-28(21)23(15)27-10-7-17(8-11-27)22(29)18-5-3-9-24-14-18/h3-6,9,12-14,17H,7-8,10-11H2,1-2H3. The molecular formula is C23H23N5O2. The molecule has 1 aliphatic rings. The van der Waals surface area contributed by atoms with Crippen LogP contribution in [0, 0.1) is 19.8 Å². The van der Waals surface area contributed by atoms with Crippen LogP contribution >= 0.6 is 0 Å². The Morgan fingerprint density at radius 1 is 1.17 bits per heavy atom. The Bertz CT molecular complexity index is 1190. The lowest BCUT2D eigenvalue weighted by Crippen LogP contribution is -2.38. The van der Waals surface area contributed by atoms with E-state index in [1.54, 1.807) is 18.7 Å². The minimum Gasteiger partial charge on any atom is -0.463 e. The van der Waals surface area contributed by atoms with Crippen molar-refractivity contribution in [1.29, 1.82) is 0 Å². The van der Waals surface area contributed by atoms with E-state index in [0.29, 0.717) is 5.56 Å². The van der Waals surface area contributed by atoms with Crippen LogP contribution in [0.3, 0.4) is 0 Å². The predicted molar refractivity (Wildman–Crippen MR) is 114 cm³/mol. The topological polar surface area (TPSA) is 76.5 Å². The first-order valence-electron chi connectivity index (χ1n) is 10.2. The van der Waals surface area contributed by atoms with E-state index in [-0.39, 0.29) is 11.7 Å². The summed E-state index contributed by atoms with van der Waals surface area (Å²) in [6, 6.07) is 9.37. The number of aryl methyl sites for hydroxylation is 1. The van der Waals surface area contributed by atoms with Crippen molar-refractivity contribution in [3.8, 4) is 11.5 Å².